The summed E-state index contributed by atoms with van der Waals surface area (Å²) in [6.07, 6.45) is 0.628. The third-order valence-corrected chi connectivity index (χ3v) is 1.37. The first-order valence-electron chi connectivity index (χ1n) is 3.19. The molecule has 0 aliphatic carbocycles. The van der Waals surface area contributed by atoms with Gasteiger partial charge < -0.3 is 4.42 Å². The fraction of sp³-hybridized carbons (Fsp3) is 0.500. The van der Waals surface area contributed by atoms with Gasteiger partial charge in [0.25, 0.3) is 5.89 Å². The molecule has 1 aromatic heterocycles. The molecule has 0 aromatic carbocycles. The summed E-state index contributed by atoms with van der Waals surface area (Å²) in [4.78, 5) is 10.8. The number of hydrogen-bond donors (Lipinski definition) is 0. The normalized spacial score (nSPS) is 10.0. The highest BCUT2D eigenvalue weighted by Crippen LogP contribution is 2.01. The lowest BCUT2D eigenvalue weighted by atomic mass is 10.4. The molecule has 5 heteroatoms. The Labute approximate surface area is 68.6 Å². The van der Waals surface area contributed by atoms with E-state index in [1.807, 2.05) is 6.92 Å². The molecule has 0 fully saturated rings. The van der Waals surface area contributed by atoms with Crippen molar-refractivity contribution in [1.82, 2.24) is 10.2 Å². The summed E-state index contributed by atoms with van der Waals surface area (Å²) in [6.45, 7) is 1.86. The van der Waals surface area contributed by atoms with E-state index in [0.29, 0.717) is 12.3 Å². The van der Waals surface area contributed by atoms with Gasteiger partial charge in [0.05, 0.1) is 5.88 Å². The third kappa shape index (κ3) is 1.77. The zero-order valence-electron chi connectivity index (χ0n) is 6.00. The van der Waals surface area contributed by atoms with Gasteiger partial charge in [-0.15, -0.1) is 21.8 Å². The SMILES string of the molecule is CCc1nnc(C(=O)CCl)o1. The van der Waals surface area contributed by atoms with Crippen LogP contribution in [0.25, 0.3) is 0 Å². The molecule has 1 rings (SSSR count). The van der Waals surface area contributed by atoms with Crippen LogP contribution in [0.3, 0.4) is 0 Å². The van der Waals surface area contributed by atoms with Gasteiger partial charge in [-0.2, -0.15) is 0 Å². The summed E-state index contributed by atoms with van der Waals surface area (Å²) in [6, 6.07) is 0. The van der Waals surface area contributed by atoms with Crippen molar-refractivity contribution in [2.75, 3.05) is 5.88 Å². The van der Waals surface area contributed by atoms with E-state index in [4.69, 9.17) is 16.0 Å². The number of hydrogen-bond acceptors (Lipinski definition) is 4. The first-order valence-corrected chi connectivity index (χ1v) is 3.73. The Morgan fingerprint density at radius 3 is 2.82 bits per heavy atom. The van der Waals surface area contributed by atoms with E-state index in [0.717, 1.165) is 0 Å². The average Bonchev–Trinajstić information content (AvgIpc) is 2.50. The van der Waals surface area contributed by atoms with E-state index in [2.05, 4.69) is 10.2 Å². The van der Waals surface area contributed by atoms with Gasteiger partial charge in [-0.3, -0.25) is 4.79 Å². The van der Waals surface area contributed by atoms with Gasteiger partial charge in [-0.25, -0.2) is 0 Å². The van der Waals surface area contributed by atoms with Gasteiger partial charge >= 0.3 is 0 Å². The molecular formula is C6H7ClN2O2. The standard InChI is InChI=1S/C6H7ClN2O2/c1-2-5-8-9-6(11-5)4(10)3-7/h2-3H2,1H3. The zero-order valence-corrected chi connectivity index (χ0v) is 6.76. The average molecular weight is 175 g/mol. The number of rotatable bonds is 3. The zero-order chi connectivity index (χ0) is 8.27. The smallest absolute Gasteiger partial charge is 0.285 e. The first kappa shape index (κ1) is 8.20. The van der Waals surface area contributed by atoms with Gasteiger partial charge in [-0.1, -0.05) is 6.92 Å². The molecule has 0 radical (unpaired) electrons. The molecule has 0 N–H and O–H groups in total. The Balaban J connectivity index is 2.80. The molecule has 4 nitrogen and oxygen atoms in total. The molecule has 0 saturated carbocycles. The highest BCUT2D eigenvalue weighted by atomic mass is 35.5. The second kappa shape index (κ2) is 3.48. The molecule has 0 atom stereocenters. The Hall–Kier alpha value is -0.900. The van der Waals surface area contributed by atoms with Crippen LogP contribution in [0.5, 0.6) is 0 Å². The molecule has 0 spiro atoms. The number of ketones is 1. The molecule has 0 saturated heterocycles. The lowest BCUT2D eigenvalue weighted by Crippen LogP contribution is -1.99. The minimum atomic E-state index is -0.334. The molecule has 0 unspecified atom stereocenters. The minimum absolute atomic E-state index is 0.00292. The highest BCUT2D eigenvalue weighted by Gasteiger charge is 2.11. The fourth-order valence-electron chi connectivity index (χ4n) is 0.566. The molecule has 1 heterocycles. The van der Waals surface area contributed by atoms with Crippen LogP contribution in [0.4, 0.5) is 0 Å². The van der Waals surface area contributed by atoms with Crippen molar-refractivity contribution >= 4 is 17.4 Å². The third-order valence-electron chi connectivity index (χ3n) is 1.13. The minimum Gasteiger partial charge on any atom is -0.418 e. The van der Waals surface area contributed by atoms with Crippen molar-refractivity contribution in [3.63, 3.8) is 0 Å². The fourth-order valence-corrected chi connectivity index (χ4v) is 0.681. The predicted molar refractivity (Wildman–Crippen MR) is 38.7 cm³/mol. The molecule has 0 amide bonds. The van der Waals surface area contributed by atoms with E-state index in [9.17, 15) is 4.79 Å². The van der Waals surface area contributed by atoms with Crippen molar-refractivity contribution in [3.05, 3.63) is 11.8 Å². The molecule has 0 aliphatic rings. The van der Waals surface area contributed by atoms with Gasteiger partial charge in [0.15, 0.2) is 0 Å². The van der Waals surface area contributed by atoms with Crippen molar-refractivity contribution in [2.45, 2.75) is 13.3 Å². The monoisotopic (exact) mass is 174 g/mol. The van der Waals surface area contributed by atoms with E-state index >= 15 is 0 Å². The van der Waals surface area contributed by atoms with Crippen LogP contribution < -0.4 is 0 Å². The topological polar surface area (TPSA) is 56.0 Å². The van der Waals surface area contributed by atoms with Gasteiger partial charge in [0.2, 0.25) is 11.7 Å². The van der Waals surface area contributed by atoms with E-state index in [-0.39, 0.29) is 17.6 Å². The van der Waals surface area contributed by atoms with Crippen molar-refractivity contribution < 1.29 is 9.21 Å². The van der Waals surface area contributed by atoms with Crippen molar-refractivity contribution in [3.8, 4) is 0 Å². The summed E-state index contributed by atoms with van der Waals surface area (Å²) in [5, 5.41) is 7.11. The molecule has 1 aromatic rings. The summed E-state index contributed by atoms with van der Waals surface area (Å²) in [5.74, 6) is -0.0000806. The second-order valence-electron chi connectivity index (χ2n) is 1.91. The van der Waals surface area contributed by atoms with Crippen LogP contribution in [-0.2, 0) is 6.42 Å². The summed E-state index contributed by atoms with van der Waals surface area (Å²) < 4.78 is 4.93. The lowest BCUT2D eigenvalue weighted by Gasteiger charge is -1.84. The van der Waals surface area contributed by atoms with Crippen LogP contribution >= 0.6 is 11.6 Å². The first-order chi connectivity index (χ1) is 5.27. The Morgan fingerprint density at radius 2 is 2.36 bits per heavy atom. The summed E-state index contributed by atoms with van der Waals surface area (Å²) in [7, 11) is 0. The number of aryl methyl sites for hydroxylation is 1. The molecule has 0 aliphatic heterocycles. The maximum atomic E-state index is 10.8. The Bertz CT molecular complexity index is 259. The Morgan fingerprint density at radius 1 is 1.64 bits per heavy atom. The van der Waals surface area contributed by atoms with Crippen LogP contribution in [-0.4, -0.2) is 21.9 Å². The van der Waals surface area contributed by atoms with Gasteiger partial charge in [-0.05, 0) is 0 Å². The summed E-state index contributed by atoms with van der Waals surface area (Å²) in [5.41, 5.74) is 0. The quantitative estimate of drug-likeness (QED) is 0.508. The van der Waals surface area contributed by atoms with E-state index in [1.54, 1.807) is 0 Å². The number of carbonyl (C=O) groups excluding carboxylic acids is 1. The van der Waals surface area contributed by atoms with Gasteiger partial charge in [0, 0.05) is 6.42 Å². The van der Waals surface area contributed by atoms with Crippen LogP contribution in [0.2, 0.25) is 0 Å². The second-order valence-corrected chi connectivity index (χ2v) is 2.18. The highest BCUT2D eigenvalue weighted by molar-refractivity contribution is 6.29. The summed E-state index contributed by atoms with van der Waals surface area (Å²) >= 11 is 5.26. The number of aromatic nitrogens is 2. The molecule has 11 heavy (non-hydrogen) atoms. The molecule has 60 valence electrons. The lowest BCUT2D eigenvalue weighted by molar-refractivity contribution is 0.0982. The maximum Gasteiger partial charge on any atom is 0.285 e. The molecule has 0 bridgehead atoms. The Kier molecular flexibility index (Phi) is 2.59. The van der Waals surface area contributed by atoms with Crippen molar-refractivity contribution in [2.24, 2.45) is 0 Å². The number of nitrogens with zero attached hydrogens (tertiary/aromatic N) is 2. The number of Topliss-reactive ketones (excluding diaryl/α,β-unsaturated/α-hetero) is 1. The van der Waals surface area contributed by atoms with E-state index < -0.39 is 0 Å². The van der Waals surface area contributed by atoms with Crippen LogP contribution in [0.1, 0.15) is 23.5 Å². The number of alkyl halides is 1. The van der Waals surface area contributed by atoms with Crippen LogP contribution in [0, 0.1) is 0 Å². The van der Waals surface area contributed by atoms with Gasteiger partial charge in [0.1, 0.15) is 0 Å². The predicted octanol–water partition coefficient (Wildman–Crippen LogP) is 1.05. The van der Waals surface area contributed by atoms with E-state index in [1.165, 1.54) is 0 Å². The van der Waals surface area contributed by atoms with Crippen molar-refractivity contribution in [1.29, 1.82) is 0 Å². The largest absolute Gasteiger partial charge is 0.418 e. The van der Waals surface area contributed by atoms with Crippen LogP contribution in [0.15, 0.2) is 4.42 Å². The number of carbonyl (C=O) groups is 1. The maximum absolute atomic E-state index is 10.8. The number of halogens is 1. The molecular weight excluding hydrogens is 168 g/mol.